The van der Waals surface area contributed by atoms with Gasteiger partial charge in [0.1, 0.15) is 10.6 Å². The number of halogens is 2. The Bertz CT molecular complexity index is 1210. The fourth-order valence-corrected chi connectivity index (χ4v) is 6.47. The molecule has 27 heavy (non-hydrogen) atoms. The van der Waals surface area contributed by atoms with Crippen LogP contribution in [-0.4, -0.2) is 22.6 Å². The Labute approximate surface area is 180 Å². The van der Waals surface area contributed by atoms with E-state index < -0.39 is 5.91 Å². The highest BCUT2D eigenvalue weighted by atomic mass is 79.9. The zero-order valence-corrected chi connectivity index (χ0v) is 19.0. The number of aromatic nitrogens is 2. The number of rotatable bonds is 2. The van der Waals surface area contributed by atoms with Crippen molar-refractivity contribution in [2.45, 2.75) is 25.7 Å². The number of carbonyl (C=O) groups is 1. The van der Waals surface area contributed by atoms with Gasteiger partial charge in [-0.05, 0) is 71.5 Å². The zero-order valence-electron chi connectivity index (χ0n) is 14.2. The predicted octanol–water partition coefficient (Wildman–Crippen LogP) is 5.22. The van der Waals surface area contributed by atoms with E-state index in [1.54, 1.807) is 23.5 Å². The lowest BCUT2D eigenvalue weighted by molar-refractivity contribution is 0.0950. The molecule has 0 saturated carbocycles. The Morgan fingerprint density at radius 1 is 1.30 bits per heavy atom. The van der Waals surface area contributed by atoms with Crippen LogP contribution in [0, 0.1) is 4.77 Å². The van der Waals surface area contributed by atoms with Gasteiger partial charge in [-0.3, -0.25) is 9.59 Å². The number of aromatic amines is 1. The first-order valence-electron chi connectivity index (χ1n) is 8.29. The minimum Gasteiger partial charge on any atom is -0.495 e. The maximum absolute atomic E-state index is 13.3. The number of thiophene rings is 1. The van der Waals surface area contributed by atoms with Crippen LogP contribution in [0.2, 0.25) is 0 Å². The molecule has 0 atom stereocenters. The lowest BCUT2D eigenvalue weighted by Crippen LogP contribution is -2.29. The van der Waals surface area contributed by atoms with Crippen LogP contribution in [0.25, 0.3) is 10.2 Å². The third kappa shape index (κ3) is 3.14. The third-order valence-electron chi connectivity index (χ3n) is 4.66. The number of H-pyrrole nitrogens is 1. The van der Waals surface area contributed by atoms with Gasteiger partial charge >= 0.3 is 0 Å². The summed E-state index contributed by atoms with van der Waals surface area (Å²) in [6, 6.07) is 3.40. The number of aryl methyl sites for hydroxylation is 2. The molecule has 0 radical (unpaired) electrons. The average molecular weight is 530 g/mol. The Kier molecular flexibility index (Phi) is 5.13. The topological polar surface area (TPSA) is 64.1 Å². The van der Waals surface area contributed by atoms with Crippen molar-refractivity contribution in [1.82, 2.24) is 9.55 Å². The molecular weight excluding hydrogens is 516 g/mol. The van der Waals surface area contributed by atoms with Crippen LogP contribution in [0.1, 0.15) is 33.6 Å². The summed E-state index contributed by atoms with van der Waals surface area (Å²) in [5.41, 5.74) is 0.946. The van der Waals surface area contributed by atoms with Gasteiger partial charge in [0, 0.05) is 9.35 Å². The van der Waals surface area contributed by atoms with Crippen molar-refractivity contribution in [1.29, 1.82) is 0 Å². The van der Waals surface area contributed by atoms with E-state index in [0.717, 1.165) is 40.6 Å². The molecule has 1 N–H and O–H groups in total. The van der Waals surface area contributed by atoms with E-state index >= 15 is 0 Å². The molecule has 4 rings (SSSR count). The summed E-state index contributed by atoms with van der Waals surface area (Å²) in [6.07, 6.45) is 4.00. The van der Waals surface area contributed by atoms with Crippen molar-refractivity contribution < 1.29 is 9.53 Å². The molecule has 0 amide bonds. The van der Waals surface area contributed by atoms with E-state index in [1.165, 1.54) is 12.0 Å². The van der Waals surface area contributed by atoms with Crippen LogP contribution >= 0.6 is 55.4 Å². The highest BCUT2D eigenvalue weighted by molar-refractivity contribution is 9.11. The van der Waals surface area contributed by atoms with Crippen LogP contribution in [0.15, 0.2) is 25.9 Å². The van der Waals surface area contributed by atoms with Crippen molar-refractivity contribution in [2.24, 2.45) is 0 Å². The van der Waals surface area contributed by atoms with Gasteiger partial charge in [0.25, 0.3) is 11.5 Å². The molecule has 1 aromatic carbocycles. The Morgan fingerprint density at radius 3 is 2.78 bits per heavy atom. The quantitative estimate of drug-likeness (QED) is 0.462. The average Bonchev–Trinajstić information content (AvgIpc) is 2.99. The van der Waals surface area contributed by atoms with Crippen LogP contribution < -0.4 is 10.3 Å². The van der Waals surface area contributed by atoms with Gasteiger partial charge in [0.2, 0.25) is 0 Å². The molecule has 2 heterocycles. The highest BCUT2D eigenvalue weighted by Gasteiger charge is 2.25. The minimum atomic E-state index is -0.516. The van der Waals surface area contributed by atoms with E-state index in [4.69, 9.17) is 17.0 Å². The fraction of sp³-hybridized carbons (Fsp3) is 0.278. The largest absolute Gasteiger partial charge is 0.495 e. The molecule has 0 fully saturated rings. The van der Waals surface area contributed by atoms with Crippen LogP contribution in [-0.2, 0) is 12.8 Å². The number of fused-ring (bicyclic) bond motifs is 3. The second-order valence-corrected chi connectivity index (χ2v) is 9.52. The standard InChI is InChI=1S/C18H14Br2N2O3S2/c1-25-14-10(6-8(19)7-11(14)20)16(23)22-17(24)13-9-4-2-3-5-12(9)27-15(13)21-18(22)26/h6-7H,2-5H2,1H3,(H,21,26). The second kappa shape index (κ2) is 7.27. The SMILES string of the molecule is COc1c(Br)cc(Br)cc1C(=O)n1c(=S)[nH]c2sc3c(c2c1=O)CCCC3. The van der Waals surface area contributed by atoms with Gasteiger partial charge in [-0.2, -0.15) is 0 Å². The second-order valence-electron chi connectivity index (χ2n) is 6.26. The Hall–Kier alpha value is -1.29. The molecule has 1 aliphatic carbocycles. The monoisotopic (exact) mass is 528 g/mol. The minimum absolute atomic E-state index is 0.0919. The number of nitrogens with zero attached hydrogens (tertiary/aromatic N) is 1. The molecule has 3 aromatic rings. The van der Waals surface area contributed by atoms with E-state index in [2.05, 4.69) is 36.8 Å². The molecule has 0 bridgehead atoms. The van der Waals surface area contributed by atoms with Crippen LogP contribution in [0.5, 0.6) is 5.75 Å². The van der Waals surface area contributed by atoms with E-state index in [0.29, 0.717) is 20.1 Å². The number of hydrogen-bond acceptors (Lipinski definition) is 5. The van der Waals surface area contributed by atoms with Crippen molar-refractivity contribution in [3.63, 3.8) is 0 Å². The number of nitrogens with one attached hydrogen (secondary N) is 1. The van der Waals surface area contributed by atoms with Crippen molar-refractivity contribution >= 4 is 71.5 Å². The molecule has 0 unspecified atom stereocenters. The van der Waals surface area contributed by atoms with Gasteiger partial charge < -0.3 is 9.72 Å². The summed E-state index contributed by atoms with van der Waals surface area (Å²) in [4.78, 5) is 31.6. The lowest BCUT2D eigenvalue weighted by Gasteiger charge is -2.13. The van der Waals surface area contributed by atoms with Gasteiger partial charge in [0.05, 0.1) is 22.5 Å². The van der Waals surface area contributed by atoms with Gasteiger partial charge in [-0.25, -0.2) is 4.57 Å². The summed E-state index contributed by atoms with van der Waals surface area (Å²) < 4.78 is 7.80. The predicted molar refractivity (Wildman–Crippen MR) is 116 cm³/mol. The highest BCUT2D eigenvalue weighted by Crippen LogP contribution is 2.35. The molecular formula is C18H14Br2N2O3S2. The lowest BCUT2D eigenvalue weighted by atomic mass is 9.97. The first-order chi connectivity index (χ1) is 12.9. The van der Waals surface area contributed by atoms with Crippen molar-refractivity contribution in [3.8, 4) is 5.75 Å². The molecule has 5 nitrogen and oxygen atoms in total. The smallest absolute Gasteiger partial charge is 0.271 e. The molecule has 0 spiro atoms. The van der Waals surface area contributed by atoms with E-state index in [1.807, 2.05) is 0 Å². The molecule has 0 aliphatic heterocycles. The Morgan fingerprint density at radius 2 is 2.04 bits per heavy atom. The van der Waals surface area contributed by atoms with E-state index in [9.17, 15) is 9.59 Å². The number of hydrogen-bond donors (Lipinski definition) is 1. The summed E-state index contributed by atoms with van der Waals surface area (Å²) in [5.74, 6) is -0.158. The zero-order chi connectivity index (χ0) is 19.3. The van der Waals surface area contributed by atoms with Crippen LogP contribution in [0.3, 0.4) is 0 Å². The van der Waals surface area contributed by atoms with Crippen LogP contribution in [0.4, 0.5) is 0 Å². The summed E-state index contributed by atoms with van der Waals surface area (Å²) >= 11 is 13.7. The third-order valence-corrected chi connectivity index (χ3v) is 7.20. The molecule has 9 heteroatoms. The van der Waals surface area contributed by atoms with Gasteiger partial charge in [-0.1, -0.05) is 15.9 Å². The number of benzene rings is 1. The summed E-state index contributed by atoms with van der Waals surface area (Å²) in [6.45, 7) is 0. The molecule has 2 aromatic heterocycles. The van der Waals surface area contributed by atoms with Gasteiger partial charge in [-0.15, -0.1) is 11.3 Å². The summed E-state index contributed by atoms with van der Waals surface area (Å²) in [5, 5.41) is 0.588. The first-order valence-corrected chi connectivity index (χ1v) is 11.1. The van der Waals surface area contributed by atoms with E-state index in [-0.39, 0.29) is 15.9 Å². The van der Waals surface area contributed by atoms with Gasteiger partial charge in [0.15, 0.2) is 4.77 Å². The normalized spacial score (nSPS) is 13.6. The molecule has 0 saturated heterocycles. The first kappa shape index (κ1) is 19.0. The number of methoxy groups -OCH3 is 1. The fourth-order valence-electron chi connectivity index (χ4n) is 3.47. The molecule has 140 valence electrons. The van der Waals surface area contributed by atoms with Crippen molar-refractivity contribution in [2.75, 3.05) is 7.11 Å². The number of ether oxygens (including phenoxy) is 1. The summed E-state index contributed by atoms with van der Waals surface area (Å²) in [7, 11) is 1.48. The maximum Gasteiger partial charge on any atom is 0.271 e. The van der Waals surface area contributed by atoms with Crippen molar-refractivity contribution in [3.05, 3.63) is 52.2 Å². The number of carbonyl (C=O) groups excluding carboxylic acids is 1. The maximum atomic E-state index is 13.3. The Balaban J connectivity index is 1.99. The molecule has 1 aliphatic rings.